The molecule has 0 unspecified atom stereocenters. The van der Waals surface area contributed by atoms with Crippen LogP contribution in [-0.4, -0.2) is 0 Å². The summed E-state index contributed by atoms with van der Waals surface area (Å²) >= 11 is 21.4. The molecule has 82 valence electrons. The zero-order valence-electron chi connectivity index (χ0n) is 7.98. The standard InChI is InChI=1S/C12H6BrCl3/c13-9-3-1-2-8(12(9)16)7-4-5-10(14)11(15)6-7/h1-6H. The second kappa shape index (κ2) is 4.97. The van der Waals surface area contributed by atoms with Crippen LogP contribution >= 0.6 is 50.7 Å². The lowest BCUT2D eigenvalue weighted by molar-refractivity contribution is 1.59. The maximum atomic E-state index is 6.20. The zero-order chi connectivity index (χ0) is 11.7. The second-order valence-electron chi connectivity index (χ2n) is 3.23. The molecule has 0 atom stereocenters. The fourth-order valence-electron chi connectivity index (χ4n) is 1.39. The Kier molecular flexibility index (Phi) is 3.81. The fraction of sp³-hybridized carbons (Fsp3) is 0. The summed E-state index contributed by atoms with van der Waals surface area (Å²) in [4.78, 5) is 0. The number of rotatable bonds is 1. The Hall–Kier alpha value is -0.210. The maximum absolute atomic E-state index is 6.20. The van der Waals surface area contributed by atoms with E-state index in [4.69, 9.17) is 34.8 Å². The largest absolute Gasteiger partial charge is 0.0827 e. The third-order valence-corrected chi connectivity index (χ3v) is 4.22. The molecule has 2 rings (SSSR count). The van der Waals surface area contributed by atoms with Crippen molar-refractivity contribution in [2.24, 2.45) is 0 Å². The molecule has 0 aliphatic heterocycles. The summed E-state index contributed by atoms with van der Waals surface area (Å²) in [7, 11) is 0. The van der Waals surface area contributed by atoms with E-state index in [1.165, 1.54) is 0 Å². The minimum atomic E-state index is 0.523. The van der Waals surface area contributed by atoms with Crippen molar-refractivity contribution in [3.05, 3.63) is 55.9 Å². The Morgan fingerprint density at radius 3 is 2.31 bits per heavy atom. The lowest BCUT2D eigenvalue weighted by atomic mass is 10.1. The normalized spacial score (nSPS) is 10.5. The van der Waals surface area contributed by atoms with Crippen LogP contribution in [0, 0.1) is 0 Å². The average Bonchev–Trinajstić information content (AvgIpc) is 2.26. The molecule has 0 aromatic heterocycles. The first kappa shape index (κ1) is 12.3. The van der Waals surface area contributed by atoms with Crippen molar-refractivity contribution in [1.29, 1.82) is 0 Å². The highest BCUT2D eigenvalue weighted by molar-refractivity contribution is 9.10. The topological polar surface area (TPSA) is 0 Å². The van der Waals surface area contributed by atoms with Gasteiger partial charge in [-0.15, -0.1) is 0 Å². The van der Waals surface area contributed by atoms with Gasteiger partial charge in [0.15, 0.2) is 0 Å². The van der Waals surface area contributed by atoms with Crippen LogP contribution in [0.15, 0.2) is 40.9 Å². The zero-order valence-corrected chi connectivity index (χ0v) is 11.8. The smallest absolute Gasteiger partial charge is 0.0626 e. The second-order valence-corrected chi connectivity index (χ2v) is 5.28. The predicted molar refractivity (Wildman–Crippen MR) is 74.6 cm³/mol. The van der Waals surface area contributed by atoms with E-state index >= 15 is 0 Å². The van der Waals surface area contributed by atoms with Gasteiger partial charge in [-0.3, -0.25) is 0 Å². The van der Waals surface area contributed by atoms with Crippen molar-refractivity contribution in [2.75, 3.05) is 0 Å². The van der Waals surface area contributed by atoms with Gasteiger partial charge in [-0.2, -0.15) is 0 Å². The number of hydrogen-bond donors (Lipinski definition) is 0. The third-order valence-electron chi connectivity index (χ3n) is 2.18. The Morgan fingerprint density at radius 1 is 0.875 bits per heavy atom. The van der Waals surface area contributed by atoms with Crippen LogP contribution in [-0.2, 0) is 0 Å². The summed E-state index contributed by atoms with van der Waals surface area (Å²) in [6, 6.07) is 11.2. The van der Waals surface area contributed by atoms with E-state index < -0.39 is 0 Å². The Bertz CT molecular complexity index is 538. The average molecular weight is 336 g/mol. The Balaban J connectivity index is 2.59. The molecular formula is C12H6BrCl3. The van der Waals surface area contributed by atoms with E-state index in [1.54, 1.807) is 12.1 Å². The van der Waals surface area contributed by atoms with Gasteiger partial charge in [0.05, 0.1) is 15.1 Å². The first-order valence-electron chi connectivity index (χ1n) is 4.49. The van der Waals surface area contributed by atoms with Gasteiger partial charge in [0.2, 0.25) is 0 Å². The minimum absolute atomic E-state index is 0.523. The molecule has 4 heteroatoms. The molecule has 0 saturated heterocycles. The SMILES string of the molecule is Clc1ccc(-c2cccc(Br)c2Cl)cc1Cl. The number of hydrogen-bond acceptors (Lipinski definition) is 0. The number of halogens is 4. The molecule has 0 spiro atoms. The summed E-state index contributed by atoms with van der Waals surface area (Å²) < 4.78 is 0.859. The van der Waals surface area contributed by atoms with Gasteiger partial charge in [-0.25, -0.2) is 0 Å². The van der Waals surface area contributed by atoms with E-state index in [1.807, 2.05) is 24.3 Å². The first-order valence-corrected chi connectivity index (χ1v) is 6.41. The van der Waals surface area contributed by atoms with Crippen LogP contribution in [0.1, 0.15) is 0 Å². The third kappa shape index (κ3) is 2.38. The van der Waals surface area contributed by atoms with Gasteiger partial charge in [0.1, 0.15) is 0 Å². The van der Waals surface area contributed by atoms with E-state index in [2.05, 4.69) is 15.9 Å². The van der Waals surface area contributed by atoms with Crippen LogP contribution in [0.25, 0.3) is 11.1 Å². The number of benzene rings is 2. The van der Waals surface area contributed by atoms with E-state index in [-0.39, 0.29) is 0 Å². The molecule has 0 radical (unpaired) electrons. The molecule has 0 bridgehead atoms. The minimum Gasteiger partial charge on any atom is -0.0827 e. The summed E-state index contributed by atoms with van der Waals surface area (Å²) in [5.41, 5.74) is 1.87. The molecule has 2 aromatic rings. The van der Waals surface area contributed by atoms with E-state index in [0.29, 0.717) is 15.1 Å². The quantitative estimate of drug-likeness (QED) is 0.592. The molecule has 0 saturated carbocycles. The van der Waals surface area contributed by atoms with Gasteiger partial charge >= 0.3 is 0 Å². The van der Waals surface area contributed by atoms with Crippen molar-refractivity contribution in [2.45, 2.75) is 0 Å². The lowest BCUT2D eigenvalue weighted by Gasteiger charge is -2.07. The van der Waals surface area contributed by atoms with Gasteiger partial charge < -0.3 is 0 Å². The monoisotopic (exact) mass is 334 g/mol. The molecule has 0 aliphatic rings. The van der Waals surface area contributed by atoms with Crippen LogP contribution in [0.4, 0.5) is 0 Å². The van der Waals surface area contributed by atoms with E-state index in [9.17, 15) is 0 Å². The molecule has 0 N–H and O–H groups in total. The van der Waals surface area contributed by atoms with Crippen molar-refractivity contribution in [1.82, 2.24) is 0 Å². The van der Waals surface area contributed by atoms with Crippen molar-refractivity contribution in [3.8, 4) is 11.1 Å². The Labute approximate surface area is 117 Å². The van der Waals surface area contributed by atoms with Gasteiger partial charge in [-0.05, 0) is 39.7 Å². The molecule has 0 heterocycles. The fourth-order valence-corrected chi connectivity index (χ4v) is 2.29. The van der Waals surface area contributed by atoms with E-state index in [0.717, 1.165) is 15.6 Å². The maximum Gasteiger partial charge on any atom is 0.0626 e. The van der Waals surface area contributed by atoms with Gasteiger partial charge in [0.25, 0.3) is 0 Å². The summed E-state index contributed by atoms with van der Waals surface area (Å²) in [6.45, 7) is 0. The van der Waals surface area contributed by atoms with Crippen molar-refractivity contribution in [3.63, 3.8) is 0 Å². The molecule has 16 heavy (non-hydrogen) atoms. The van der Waals surface area contributed by atoms with Crippen molar-refractivity contribution >= 4 is 50.7 Å². The Morgan fingerprint density at radius 2 is 1.62 bits per heavy atom. The van der Waals surface area contributed by atoms with Gasteiger partial charge in [-0.1, -0.05) is 53.0 Å². The summed E-state index contributed by atoms with van der Waals surface area (Å²) in [5, 5.41) is 1.73. The first-order chi connectivity index (χ1) is 7.59. The van der Waals surface area contributed by atoms with Crippen LogP contribution in [0.5, 0.6) is 0 Å². The predicted octanol–water partition coefficient (Wildman–Crippen LogP) is 6.08. The highest BCUT2D eigenvalue weighted by Crippen LogP contribution is 2.35. The van der Waals surface area contributed by atoms with Crippen LogP contribution in [0.3, 0.4) is 0 Å². The molecule has 0 nitrogen and oxygen atoms in total. The molecule has 0 aliphatic carbocycles. The summed E-state index contributed by atoms with van der Waals surface area (Å²) in [5.74, 6) is 0. The highest BCUT2D eigenvalue weighted by atomic mass is 79.9. The van der Waals surface area contributed by atoms with Gasteiger partial charge in [0, 0.05) is 10.0 Å². The van der Waals surface area contributed by atoms with Crippen molar-refractivity contribution < 1.29 is 0 Å². The van der Waals surface area contributed by atoms with Crippen LogP contribution < -0.4 is 0 Å². The van der Waals surface area contributed by atoms with Crippen LogP contribution in [0.2, 0.25) is 15.1 Å². The molecular weight excluding hydrogens is 330 g/mol. The molecule has 0 amide bonds. The summed E-state index contributed by atoms with van der Waals surface area (Å²) in [6.07, 6.45) is 0. The molecule has 2 aromatic carbocycles. The molecule has 0 fully saturated rings. The lowest BCUT2D eigenvalue weighted by Crippen LogP contribution is -1.81. The highest BCUT2D eigenvalue weighted by Gasteiger charge is 2.07.